The van der Waals surface area contributed by atoms with E-state index in [0.717, 1.165) is 25.7 Å². The second kappa shape index (κ2) is 9.85. The number of aliphatic hydroxyl groups is 3. The van der Waals surface area contributed by atoms with Gasteiger partial charge >= 0.3 is 5.97 Å². The summed E-state index contributed by atoms with van der Waals surface area (Å²) in [6.45, 7) is 9.53. The zero-order valence-corrected chi connectivity index (χ0v) is 19.2. The highest BCUT2D eigenvalue weighted by atomic mass is 16.7. The number of hydrogen-bond acceptors (Lipinski definition) is 8. The quantitative estimate of drug-likeness (QED) is 0.334. The first-order valence-corrected chi connectivity index (χ1v) is 11.4. The molecular formula is C23H38O8. The number of aliphatic hydroxyl groups excluding tert-OH is 3. The number of carbonyl (C=O) groups excluding carboxylic acids is 1. The third kappa shape index (κ3) is 5.67. The normalized spacial score (nSPS) is 45.4. The summed E-state index contributed by atoms with van der Waals surface area (Å²) in [4.78, 5) is 11.2. The molecule has 2 saturated heterocycles. The van der Waals surface area contributed by atoms with E-state index in [0.29, 0.717) is 5.92 Å². The van der Waals surface area contributed by atoms with E-state index in [9.17, 15) is 20.1 Å². The van der Waals surface area contributed by atoms with Crippen LogP contribution >= 0.6 is 0 Å². The van der Waals surface area contributed by atoms with Crippen LogP contribution in [0.3, 0.4) is 0 Å². The van der Waals surface area contributed by atoms with E-state index in [1.807, 2.05) is 0 Å². The van der Waals surface area contributed by atoms with Crippen molar-refractivity contribution >= 4 is 5.97 Å². The van der Waals surface area contributed by atoms with Gasteiger partial charge in [0.15, 0.2) is 6.29 Å². The fraction of sp³-hybridized carbons (Fsp3) is 0.870. The van der Waals surface area contributed by atoms with E-state index in [1.54, 1.807) is 0 Å². The molecule has 0 spiro atoms. The molecule has 9 unspecified atom stereocenters. The average Bonchev–Trinajstić information content (AvgIpc) is 3.36. The molecule has 31 heavy (non-hydrogen) atoms. The number of ether oxygens (including phenoxy) is 4. The highest BCUT2D eigenvalue weighted by Crippen LogP contribution is 2.48. The lowest BCUT2D eigenvalue weighted by Gasteiger charge is -2.42. The molecule has 0 aromatic heterocycles. The second-order valence-corrected chi connectivity index (χ2v) is 9.80. The summed E-state index contributed by atoms with van der Waals surface area (Å²) < 4.78 is 23.2. The van der Waals surface area contributed by atoms with Crippen LogP contribution < -0.4 is 0 Å². The van der Waals surface area contributed by atoms with Crippen LogP contribution in [0.15, 0.2) is 11.6 Å². The minimum Gasteiger partial charge on any atom is -0.463 e. The number of epoxide rings is 1. The van der Waals surface area contributed by atoms with Crippen molar-refractivity contribution in [2.24, 2.45) is 11.8 Å². The summed E-state index contributed by atoms with van der Waals surface area (Å²) in [7, 11) is 0. The third-order valence-corrected chi connectivity index (χ3v) is 6.93. The molecule has 0 amide bonds. The second-order valence-electron chi connectivity index (χ2n) is 9.80. The van der Waals surface area contributed by atoms with Gasteiger partial charge in [-0.3, -0.25) is 4.79 Å². The van der Waals surface area contributed by atoms with Crippen LogP contribution in [-0.4, -0.2) is 76.4 Å². The Labute approximate surface area is 184 Å². The zero-order chi connectivity index (χ0) is 22.9. The van der Waals surface area contributed by atoms with Gasteiger partial charge in [-0.1, -0.05) is 25.5 Å². The molecule has 3 N–H and O–H groups in total. The van der Waals surface area contributed by atoms with Crippen molar-refractivity contribution in [2.45, 2.75) is 109 Å². The van der Waals surface area contributed by atoms with Crippen LogP contribution in [0.2, 0.25) is 0 Å². The molecule has 3 rings (SSSR count). The largest absolute Gasteiger partial charge is 0.463 e. The smallest absolute Gasteiger partial charge is 0.302 e. The van der Waals surface area contributed by atoms with Gasteiger partial charge < -0.3 is 34.3 Å². The Morgan fingerprint density at radius 2 is 1.97 bits per heavy atom. The monoisotopic (exact) mass is 442 g/mol. The molecule has 1 aliphatic carbocycles. The maximum atomic E-state index is 11.2. The average molecular weight is 443 g/mol. The molecule has 0 aromatic rings. The van der Waals surface area contributed by atoms with Crippen LogP contribution in [-0.2, 0) is 23.7 Å². The van der Waals surface area contributed by atoms with Crippen molar-refractivity contribution in [3.63, 3.8) is 0 Å². The number of rotatable bonds is 5. The number of esters is 1. The van der Waals surface area contributed by atoms with E-state index in [4.69, 9.17) is 18.9 Å². The third-order valence-electron chi connectivity index (χ3n) is 6.93. The predicted molar refractivity (Wildman–Crippen MR) is 112 cm³/mol. The number of allylic oxidation sites excluding steroid dienone is 2. The SMILES string of the molecule is CC(=O)OCC1OC(OC2C(C(C)C)CC/C(C)=C\CCC3(C)OC23)C(O)C(O)C1O. The lowest BCUT2D eigenvalue weighted by Crippen LogP contribution is -2.60. The van der Waals surface area contributed by atoms with Crippen LogP contribution in [0.25, 0.3) is 0 Å². The van der Waals surface area contributed by atoms with Crippen LogP contribution in [0.4, 0.5) is 0 Å². The maximum Gasteiger partial charge on any atom is 0.302 e. The van der Waals surface area contributed by atoms with Gasteiger partial charge in [0.1, 0.15) is 37.1 Å². The molecule has 8 heteroatoms. The Morgan fingerprint density at radius 3 is 2.61 bits per heavy atom. The van der Waals surface area contributed by atoms with Crippen LogP contribution in [0, 0.1) is 11.8 Å². The van der Waals surface area contributed by atoms with Crippen molar-refractivity contribution in [3.8, 4) is 0 Å². The first-order valence-electron chi connectivity index (χ1n) is 11.4. The molecule has 3 aliphatic rings. The summed E-state index contributed by atoms with van der Waals surface area (Å²) in [6.07, 6.45) is -0.985. The fourth-order valence-electron chi connectivity index (χ4n) is 4.77. The molecule has 0 bridgehead atoms. The lowest BCUT2D eigenvalue weighted by molar-refractivity contribution is -0.317. The minimum absolute atomic E-state index is 0.140. The molecule has 8 nitrogen and oxygen atoms in total. The number of fused-ring (bicyclic) bond motifs is 1. The molecular weight excluding hydrogens is 404 g/mol. The van der Waals surface area contributed by atoms with Gasteiger partial charge in [0, 0.05) is 6.92 Å². The van der Waals surface area contributed by atoms with E-state index < -0.39 is 36.7 Å². The van der Waals surface area contributed by atoms with Gasteiger partial charge in [0.05, 0.1) is 11.7 Å². The van der Waals surface area contributed by atoms with Gasteiger partial charge in [-0.05, 0) is 51.4 Å². The molecule has 0 saturated carbocycles. The lowest BCUT2D eigenvalue weighted by atomic mass is 9.80. The minimum atomic E-state index is -1.48. The Bertz CT molecular complexity index is 664. The van der Waals surface area contributed by atoms with Crippen LogP contribution in [0.1, 0.15) is 60.3 Å². The Morgan fingerprint density at radius 1 is 1.26 bits per heavy atom. The van der Waals surface area contributed by atoms with Crippen molar-refractivity contribution in [3.05, 3.63) is 11.6 Å². The number of carbonyl (C=O) groups is 1. The molecule has 2 fully saturated rings. The summed E-state index contributed by atoms with van der Waals surface area (Å²) in [6, 6.07) is 0. The van der Waals surface area contributed by atoms with Gasteiger partial charge in [-0.2, -0.15) is 0 Å². The van der Waals surface area contributed by atoms with E-state index >= 15 is 0 Å². The Balaban J connectivity index is 1.80. The van der Waals surface area contributed by atoms with Crippen molar-refractivity contribution in [1.29, 1.82) is 0 Å². The van der Waals surface area contributed by atoms with Gasteiger partial charge in [0.25, 0.3) is 0 Å². The van der Waals surface area contributed by atoms with Crippen molar-refractivity contribution in [1.82, 2.24) is 0 Å². The van der Waals surface area contributed by atoms with Crippen LogP contribution in [0.5, 0.6) is 0 Å². The van der Waals surface area contributed by atoms with Crippen molar-refractivity contribution < 1.29 is 39.1 Å². The summed E-state index contributed by atoms with van der Waals surface area (Å²) in [5, 5.41) is 31.2. The molecule has 9 atom stereocenters. The fourth-order valence-corrected chi connectivity index (χ4v) is 4.77. The summed E-state index contributed by atoms with van der Waals surface area (Å²) >= 11 is 0. The topological polar surface area (TPSA) is 118 Å². The van der Waals surface area contributed by atoms with Crippen molar-refractivity contribution in [2.75, 3.05) is 6.61 Å². The number of hydrogen-bond donors (Lipinski definition) is 3. The molecule has 0 radical (unpaired) electrons. The summed E-state index contributed by atoms with van der Waals surface area (Å²) in [5.74, 6) is -0.0644. The van der Waals surface area contributed by atoms with E-state index in [-0.39, 0.29) is 30.3 Å². The first kappa shape index (κ1) is 24.6. The molecule has 178 valence electrons. The molecule has 2 heterocycles. The Kier molecular flexibility index (Phi) is 7.82. The highest BCUT2D eigenvalue weighted by molar-refractivity contribution is 5.65. The predicted octanol–water partition coefficient (Wildman–Crippen LogP) is 1.69. The van der Waals surface area contributed by atoms with Gasteiger partial charge in [-0.25, -0.2) is 0 Å². The van der Waals surface area contributed by atoms with E-state index in [1.165, 1.54) is 12.5 Å². The summed E-state index contributed by atoms with van der Waals surface area (Å²) in [5.41, 5.74) is 1.04. The Hall–Kier alpha value is -1.03. The molecule has 2 aliphatic heterocycles. The van der Waals surface area contributed by atoms with E-state index in [2.05, 4.69) is 33.8 Å². The van der Waals surface area contributed by atoms with Gasteiger partial charge in [-0.15, -0.1) is 0 Å². The first-order chi connectivity index (χ1) is 14.5. The zero-order valence-electron chi connectivity index (χ0n) is 19.2. The van der Waals surface area contributed by atoms with Gasteiger partial charge in [0.2, 0.25) is 0 Å². The maximum absolute atomic E-state index is 11.2. The standard InChI is InChI=1S/C23H38O8/c1-12(2)15-9-8-13(3)7-6-10-23(5)21(31-23)20(15)30-22-19(27)18(26)17(25)16(29-22)11-28-14(4)24/h7,12,15-22,25-27H,6,8-11H2,1-5H3/b13-7-. The molecule has 0 aromatic carbocycles. The highest BCUT2D eigenvalue weighted by Gasteiger charge is 2.59.